The molecule has 0 amide bonds. The van der Waals surface area contributed by atoms with E-state index in [2.05, 4.69) is 22.1 Å². The van der Waals surface area contributed by atoms with Gasteiger partial charge in [-0.05, 0) is 31.0 Å². The van der Waals surface area contributed by atoms with Crippen LogP contribution in [0.5, 0.6) is 0 Å². The molecule has 0 N–H and O–H groups in total. The SMILES string of the molecule is CCCc1c(C)cnc2nnc(SCc3c(F)cccc3Cl)n12. The quantitative estimate of drug-likeness (QED) is 0.637. The Morgan fingerprint density at radius 3 is 2.87 bits per heavy atom. The first kappa shape index (κ1) is 16.2. The maximum atomic E-state index is 13.9. The molecule has 0 saturated carbocycles. The zero-order valence-corrected chi connectivity index (χ0v) is 14.5. The fraction of sp³-hybridized carbons (Fsp3) is 0.312. The molecule has 7 heteroatoms. The number of aryl methyl sites for hydroxylation is 2. The Morgan fingerprint density at radius 2 is 2.13 bits per heavy atom. The molecule has 0 spiro atoms. The highest BCUT2D eigenvalue weighted by Gasteiger charge is 2.15. The molecule has 0 aliphatic rings. The van der Waals surface area contributed by atoms with Crippen LogP contribution in [0.25, 0.3) is 5.78 Å². The largest absolute Gasteiger partial charge is 0.258 e. The van der Waals surface area contributed by atoms with Gasteiger partial charge in [0.25, 0.3) is 5.78 Å². The number of nitrogens with zero attached hydrogens (tertiary/aromatic N) is 4. The second-order valence-corrected chi connectivity index (χ2v) is 6.59. The van der Waals surface area contributed by atoms with E-state index in [1.807, 2.05) is 17.5 Å². The molecule has 3 rings (SSSR count). The molecule has 4 nitrogen and oxygen atoms in total. The number of thioether (sulfide) groups is 1. The van der Waals surface area contributed by atoms with Crippen LogP contribution >= 0.6 is 23.4 Å². The maximum absolute atomic E-state index is 13.9. The fourth-order valence-corrected chi connectivity index (χ4v) is 3.73. The third-order valence-corrected chi connectivity index (χ3v) is 4.92. The number of aromatic nitrogens is 4. The van der Waals surface area contributed by atoms with Crippen LogP contribution < -0.4 is 0 Å². The van der Waals surface area contributed by atoms with Gasteiger partial charge in [0, 0.05) is 28.2 Å². The Labute approximate surface area is 143 Å². The third kappa shape index (κ3) is 3.19. The van der Waals surface area contributed by atoms with Gasteiger partial charge in [-0.2, -0.15) is 0 Å². The lowest BCUT2D eigenvalue weighted by molar-refractivity contribution is 0.617. The second-order valence-electron chi connectivity index (χ2n) is 5.24. The standard InChI is InChI=1S/C16H16ClFN4S/c1-3-5-14-10(2)8-19-15-20-21-16(22(14)15)23-9-11-12(17)6-4-7-13(11)18/h4,6-8H,3,5,9H2,1-2H3. The highest BCUT2D eigenvalue weighted by Crippen LogP contribution is 2.28. The molecule has 0 bridgehead atoms. The Bertz CT molecular complexity index is 829. The molecular formula is C16H16ClFN4S. The Morgan fingerprint density at radius 1 is 1.30 bits per heavy atom. The monoisotopic (exact) mass is 350 g/mol. The van der Waals surface area contributed by atoms with Gasteiger partial charge in [-0.3, -0.25) is 4.40 Å². The minimum Gasteiger partial charge on any atom is -0.258 e. The van der Waals surface area contributed by atoms with Crippen molar-refractivity contribution >= 4 is 29.1 Å². The average Bonchev–Trinajstić information content (AvgIpc) is 2.93. The first-order valence-corrected chi connectivity index (χ1v) is 8.73. The van der Waals surface area contributed by atoms with E-state index in [0.29, 0.717) is 27.3 Å². The minimum absolute atomic E-state index is 0.304. The summed E-state index contributed by atoms with van der Waals surface area (Å²) in [6.07, 6.45) is 3.75. The molecule has 2 heterocycles. The number of rotatable bonds is 5. The molecule has 3 aromatic rings. The summed E-state index contributed by atoms with van der Waals surface area (Å²) in [6.45, 7) is 4.15. The first-order chi connectivity index (χ1) is 11.1. The molecule has 0 atom stereocenters. The molecule has 0 radical (unpaired) electrons. The number of fused-ring (bicyclic) bond motifs is 1. The van der Waals surface area contributed by atoms with Gasteiger partial charge in [-0.25, -0.2) is 9.37 Å². The van der Waals surface area contributed by atoms with Crippen molar-refractivity contribution in [2.75, 3.05) is 0 Å². The van der Waals surface area contributed by atoms with Gasteiger partial charge in [0.15, 0.2) is 5.16 Å². The van der Waals surface area contributed by atoms with E-state index < -0.39 is 0 Å². The van der Waals surface area contributed by atoms with Crippen LogP contribution in [0.4, 0.5) is 4.39 Å². The van der Waals surface area contributed by atoms with Gasteiger partial charge in [0.1, 0.15) is 5.82 Å². The topological polar surface area (TPSA) is 43.1 Å². The van der Waals surface area contributed by atoms with E-state index in [0.717, 1.165) is 24.1 Å². The predicted molar refractivity (Wildman–Crippen MR) is 90.5 cm³/mol. The van der Waals surface area contributed by atoms with Crippen LogP contribution in [0.15, 0.2) is 29.6 Å². The molecular weight excluding hydrogens is 335 g/mol. The molecule has 23 heavy (non-hydrogen) atoms. The molecule has 0 saturated heterocycles. The Kier molecular flexibility index (Phi) is 4.82. The van der Waals surface area contributed by atoms with Gasteiger partial charge >= 0.3 is 0 Å². The van der Waals surface area contributed by atoms with Gasteiger partial charge in [0.05, 0.1) is 0 Å². The number of benzene rings is 1. The summed E-state index contributed by atoms with van der Waals surface area (Å²) in [5.74, 6) is 0.661. The van der Waals surface area contributed by atoms with E-state index >= 15 is 0 Å². The van der Waals surface area contributed by atoms with Crippen LogP contribution in [0.2, 0.25) is 5.02 Å². The van der Waals surface area contributed by atoms with E-state index in [4.69, 9.17) is 11.6 Å². The molecule has 0 aliphatic carbocycles. The Balaban J connectivity index is 1.96. The van der Waals surface area contributed by atoms with Crippen molar-refractivity contribution in [3.05, 3.63) is 52.1 Å². The van der Waals surface area contributed by atoms with Crippen molar-refractivity contribution < 1.29 is 4.39 Å². The zero-order chi connectivity index (χ0) is 16.4. The van der Waals surface area contributed by atoms with E-state index in [1.54, 1.807) is 12.1 Å². The lowest BCUT2D eigenvalue weighted by Gasteiger charge is -2.09. The third-order valence-electron chi connectivity index (χ3n) is 3.61. The van der Waals surface area contributed by atoms with Gasteiger partial charge in [-0.15, -0.1) is 10.2 Å². The maximum Gasteiger partial charge on any atom is 0.255 e. The minimum atomic E-state index is -0.304. The summed E-state index contributed by atoms with van der Waals surface area (Å²) < 4.78 is 15.9. The van der Waals surface area contributed by atoms with E-state index in [9.17, 15) is 4.39 Å². The average molecular weight is 351 g/mol. The molecule has 120 valence electrons. The van der Waals surface area contributed by atoms with E-state index in [1.165, 1.54) is 17.8 Å². The lowest BCUT2D eigenvalue weighted by atomic mass is 10.1. The van der Waals surface area contributed by atoms with Crippen molar-refractivity contribution in [3.63, 3.8) is 0 Å². The smallest absolute Gasteiger partial charge is 0.255 e. The van der Waals surface area contributed by atoms with Crippen LogP contribution in [0, 0.1) is 12.7 Å². The lowest BCUT2D eigenvalue weighted by Crippen LogP contribution is -2.03. The summed E-state index contributed by atoms with van der Waals surface area (Å²) in [5.41, 5.74) is 2.73. The summed E-state index contributed by atoms with van der Waals surface area (Å²) in [6, 6.07) is 4.71. The second kappa shape index (κ2) is 6.84. The molecule has 2 aromatic heterocycles. The predicted octanol–water partition coefficient (Wildman–Crippen LogP) is 4.47. The van der Waals surface area contributed by atoms with Crippen molar-refractivity contribution in [2.45, 2.75) is 37.6 Å². The fourth-order valence-electron chi connectivity index (χ4n) is 2.43. The van der Waals surface area contributed by atoms with E-state index in [-0.39, 0.29) is 5.82 Å². The summed E-state index contributed by atoms with van der Waals surface area (Å²) >= 11 is 7.50. The highest BCUT2D eigenvalue weighted by molar-refractivity contribution is 7.98. The van der Waals surface area contributed by atoms with Gasteiger partial charge < -0.3 is 0 Å². The zero-order valence-electron chi connectivity index (χ0n) is 12.9. The van der Waals surface area contributed by atoms with Crippen LogP contribution in [0.1, 0.15) is 30.2 Å². The number of halogens is 2. The molecule has 0 fully saturated rings. The summed E-state index contributed by atoms with van der Waals surface area (Å²) in [4.78, 5) is 4.31. The Hall–Kier alpha value is -1.66. The van der Waals surface area contributed by atoms with Gasteiger partial charge in [-0.1, -0.05) is 42.8 Å². The van der Waals surface area contributed by atoms with Gasteiger partial charge in [0.2, 0.25) is 0 Å². The summed E-state index contributed by atoms with van der Waals surface area (Å²) in [7, 11) is 0. The normalized spacial score (nSPS) is 11.3. The number of hydrogen-bond donors (Lipinski definition) is 0. The van der Waals surface area contributed by atoms with Crippen molar-refractivity contribution in [2.24, 2.45) is 0 Å². The number of hydrogen-bond acceptors (Lipinski definition) is 4. The van der Waals surface area contributed by atoms with Crippen molar-refractivity contribution in [1.29, 1.82) is 0 Å². The van der Waals surface area contributed by atoms with Crippen molar-refractivity contribution in [3.8, 4) is 0 Å². The molecule has 0 unspecified atom stereocenters. The molecule has 0 aliphatic heterocycles. The molecule has 1 aromatic carbocycles. The summed E-state index contributed by atoms with van der Waals surface area (Å²) in [5, 5.41) is 9.45. The highest BCUT2D eigenvalue weighted by atomic mass is 35.5. The van der Waals surface area contributed by atoms with Crippen LogP contribution in [-0.4, -0.2) is 19.6 Å². The van der Waals surface area contributed by atoms with Crippen LogP contribution in [0.3, 0.4) is 0 Å². The van der Waals surface area contributed by atoms with Crippen LogP contribution in [-0.2, 0) is 12.2 Å². The first-order valence-electron chi connectivity index (χ1n) is 7.37. The van der Waals surface area contributed by atoms with Crippen molar-refractivity contribution in [1.82, 2.24) is 19.6 Å².